The number of anilines is 1. The van der Waals surface area contributed by atoms with Crippen molar-refractivity contribution < 1.29 is 22.9 Å². The van der Waals surface area contributed by atoms with Gasteiger partial charge < -0.3 is 14.3 Å². The third-order valence-corrected chi connectivity index (χ3v) is 7.17. The van der Waals surface area contributed by atoms with Gasteiger partial charge in [-0.25, -0.2) is 8.78 Å². The average molecular weight is 548 g/mol. The number of nitrogens with zero attached hydrogens (tertiary/aromatic N) is 7. The Hall–Kier alpha value is -4.66. The quantitative estimate of drug-likeness (QED) is 0.351. The van der Waals surface area contributed by atoms with Crippen LogP contribution in [0.3, 0.4) is 0 Å². The summed E-state index contributed by atoms with van der Waals surface area (Å²) in [6, 6.07) is 14.8. The number of amides is 2. The average Bonchev–Trinajstić information content (AvgIpc) is 3.67. The molecule has 0 N–H and O–H groups in total. The molecule has 0 saturated carbocycles. The molecule has 2 aliphatic rings. The molecule has 6 rings (SSSR count). The van der Waals surface area contributed by atoms with Crippen LogP contribution in [-0.2, 0) is 16.6 Å². The lowest BCUT2D eigenvalue weighted by Gasteiger charge is -2.34. The molecule has 4 aromatic rings. The van der Waals surface area contributed by atoms with E-state index in [1.807, 2.05) is 38.2 Å². The topological polar surface area (TPSA) is 121 Å². The van der Waals surface area contributed by atoms with Crippen LogP contribution in [0.5, 0.6) is 0 Å². The molecule has 0 spiro atoms. The summed E-state index contributed by atoms with van der Waals surface area (Å²) < 4.78 is 35.5. The van der Waals surface area contributed by atoms with Crippen LogP contribution in [0.15, 0.2) is 47.0 Å². The summed E-state index contributed by atoms with van der Waals surface area (Å²) in [5, 5.41) is 18.0. The number of piperidine rings is 1. The fraction of sp³-hybridized carbons (Fsp3) is 0.357. The smallest absolute Gasteiger partial charge is 0.276 e. The van der Waals surface area contributed by atoms with Crippen LogP contribution in [0.2, 0.25) is 0 Å². The highest BCUT2D eigenvalue weighted by molar-refractivity contribution is 5.95. The number of benzene rings is 2. The number of fused-ring (bicyclic) bond motifs is 1. The number of rotatable bonds is 4. The van der Waals surface area contributed by atoms with Crippen molar-refractivity contribution in [3.05, 3.63) is 59.6 Å². The Bertz CT molecular complexity index is 1610. The summed E-state index contributed by atoms with van der Waals surface area (Å²) in [6.07, 6.45) is 2.05. The van der Waals surface area contributed by atoms with Gasteiger partial charge in [0.25, 0.3) is 5.92 Å². The van der Waals surface area contributed by atoms with E-state index in [4.69, 9.17) is 9.78 Å². The maximum atomic E-state index is 14.3. The number of hydrogen-bond donors (Lipinski definition) is 0. The minimum Gasteiger partial charge on any atom is -0.339 e. The molecule has 4 heterocycles. The van der Waals surface area contributed by atoms with Crippen LogP contribution in [0.25, 0.3) is 22.3 Å². The second kappa shape index (κ2) is 10.8. The molecule has 2 saturated heterocycles. The summed E-state index contributed by atoms with van der Waals surface area (Å²) in [5.74, 6) is -3.99. The fourth-order valence-electron chi connectivity index (χ4n) is 5.10. The Morgan fingerprint density at radius 2 is 2.02 bits per heavy atom. The summed E-state index contributed by atoms with van der Waals surface area (Å²) in [5.41, 5.74) is 3.92. The molecule has 2 fully saturated rings. The molecule has 2 aromatic carbocycles. The van der Waals surface area contributed by atoms with Gasteiger partial charge in [0.15, 0.2) is 0 Å². The molecule has 12 heteroatoms. The lowest BCUT2D eigenvalue weighted by atomic mass is 9.93. The molecule has 2 amide bonds. The van der Waals surface area contributed by atoms with Crippen molar-refractivity contribution in [1.29, 1.82) is 5.26 Å². The van der Waals surface area contributed by atoms with Crippen LogP contribution in [-0.4, -0.2) is 62.7 Å². The monoisotopic (exact) mass is 547 g/mol. The number of alkyl halides is 2. The molecule has 2 aliphatic heterocycles. The second-order valence-electron chi connectivity index (χ2n) is 9.89. The van der Waals surface area contributed by atoms with Crippen LogP contribution >= 0.6 is 0 Å². The third kappa shape index (κ3) is 5.27. The van der Waals surface area contributed by atoms with Gasteiger partial charge in [0.2, 0.25) is 24.0 Å². The van der Waals surface area contributed by atoms with Crippen molar-refractivity contribution >= 4 is 28.9 Å². The number of carbonyl (C=O) groups excluding carboxylic acids is 2. The van der Waals surface area contributed by atoms with Crippen molar-refractivity contribution in [3.8, 4) is 17.5 Å². The predicted molar refractivity (Wildman–Crippen MR) is 141 cm³/mol. The Morgan fingerprint density at radius 3 is 2.73 bits per heavy atom. The first kappa shape index (κ1) is 26.9. The van der Waals surface area contributed by atoms with Crippen LogP contribution < -0.4 is 4.90 Å². The molecular weight excluding hydrogens is 520 g/mol. The van der Waals surface area contributed by atoms with Crippen molar-refractivity contribution in [2.45, 2.75) is 38.0 Å². The van der Waals surface area contributed by atoms with Crippen LogP contribution in [0.4, 0.5) is 14.5 Å². The number of halogens is 2. The van der Waals surface area contributed by atoms with E-state index in [9.17, 15) is 18.4 Å². The van der Waals surface area contributed by atoms with E-state index in [1.165, 1.54) is 0 Å². The normalized spacial score (nSPS) is 18.4. The zero-order chi connectivity index (χ0) is 28.4. The van der Waals surface area contributed by atoms with Gasteiger partial charge in [0, 0.05) is 43.2 Å². The molecule has 206 valence electrons. The second-order valence-corrected chi connectivity index (χ2v) is 9.89. The molecule has 0 aliphatic carbocycles. The van der Waals surface area contributed by atoms with Gasteiger partial charge in [-0.05, 0) is 44.0 Å². The van der Waals surface area contributed by atoms with Crippen molar-refractivity contribution in [2.24, 2.45) is 7.05 Å². The van der Waals surface area contributed by atoms with Crippen molar-refractivity contribution in [3.63, 3.8) is 0 Å². The maximum absolute atomic E-state index is 14.3. The number of aryl methyl sites for hydroxylation is 2. The highest BCUT2D eigenvalue weighted by Gasteiger charge is 2.48. The zero-order valence-electron chi connectivity index (χ0n) is 22.0. The van der Waals surface area contributed by atoms with E-state index in [0.717, 1.165) is 40.1 Å². The van der Waals surface area contributed by atoms with E-state index in [0.29, 0.717) is 24.0 Å². The molecule has 10 nitrogen and oxygen atoms in total. The van der Waals surface area contributed by atoms with Crippen molar-refractivity contribution in [2.75, 3.05) is 24.5 Å². The van der Waals surface area contributed by atoms with E-state index in [-0.39, 0.29) is 30.6 Å². The van der Waals surface area contributed by atoms with Gasteiger partial charge in [0.1, 0.15) is 5.92 Å². The van der Waals surface area contributed by atoms with Gasteiger partial charge >= 0.3 is 0 Å². The summed E-state index contributed by atoms with van der Waals surface area (Å²) >= 11 is 0. The molecular formula is C28H27F2N7O3. The highest BCUT2D eigenvalue weighted by atomic mass is 19.3. The minimum absolute atomic E-state index is 0.0767. The molecule has 1 atom stereocenters. The number of likely N-dealkylation sites (tertiary alicyclic amines) is 1. The lowest BCUT2D eigenvalue weighted by molar-refractivity contribution is -0.132. The Morgan fingerprint density at radius 1 is 1.20 bits per heavy atom. The molecule has 2 aromatic heterocycles. The summed E-state index contributed by atoms with van der Waals surface area (Å²) in [7, 11) is 1.84. The highest BCUT2D eigenvalue weighted by Crippen LogP contribution is 2.40. The van der Waals surface area contributed by atoms with E-state index in [2.05, 4.69) is 21.3 Å². The molecule has 40 heavy (non-hydrogen) atoms. The first-order valence-corrected chi connectivity index (χ1v) is 12.8. The lowest BCUT2D eigenvalue weighted by Crippen LogP contribution is -2.46. The zero-order valence-corrected chi connectivity index (χ0v) is 22.0. The van der Waals surface area contributed by atoms with Crippen LogP contribution in [0.1, 0.15) is 42.3 Å². The van der Waals surface area contributed by atoms with E-state index < -0.39 is 18.4 Å². The van der Waals surface area contributed by atoms with E-state index in [1.54, 1.807) is 27.8 Å². The maximum Gasteiger partial charge on any atom is 0.276 e. The Labute approximate surface area is 228 Å². The van der Waals surface area contributed by atoms with Crippen LogP contribution in [0, 0.1) is 18.3 Å². The summed E-state index contributed by atoms with van der Waals surface area (Å²) in [4.78, 5) is 29.2. The number of hydrogen-bond acceptors (Lipinski definition) is 7. The van der Waals surface area contributed by atoms with Gasteiger partial charge in [-0.1, -0.05) is 23.4 Å². The van der Waals surface area contributed by atoms with Gasteiger partial charge in [0.05, 0.1) is 29.4 Å². The molecule has 0 radical (unpaired) electrons. The number of aromatic nitrogens is 4. The van der Waals surface area contributed by atoms with Gasteiger partial charge in [-0.15, -0.1) is 0 Å². The first-order chi connectivity index (χ1) is 19.2. The van der Waals surface area contributed by atoms with E-state index >= 15 is 0 Å². The third-order valence-electron chi connectivity index (χ3n) is 7.17. The van der Waals surface area contributed by atoms with Crippen molar-refractivity contribution in [1.82, 2.24) is 24.8 Å². The molecule has 1 unspecified atom stereocenters. The predicted octanol–water partition coefficient (Wildman–Crippen LogP) is 4.20. The summed E-state index contributed by atoms with van der Waals surface area (Å²) in [6.45, 7) is 2.29. The fourth-order valence-corrected chi connectivity index (χ4v) is 5.10. The Kier molecular flexibility index (Phi) is 7.30. The first-order valence-electron chi connectivity index (χ1n) is 12.8. The standard InChI is InChI=1S/C17H17F2N5O2.C11H10N2O/c1-10-12-4-3-11(7-14(12)23(2)21-10)15-20-16(26-22-15)13-5-6-24(9-25)8-17(13,18)19;12-8-9-3-1-4-10(7-9)13-6-2-5-11(13)14/h3-4,7,9,13H,5-6,8H2,1-2H3;1,3-4,7H,2,5-6H2. The number of nitriles is 1. The molecule has 0 bridgehead atoms. The SMILES string of the molecule is Cc1nn(C)c2cc(-c3noc(C4CCN(C=O)CC4(F)F)n3)ccc12.N#Cc1cccc(N2CCCC2=O)c1. The minimum atomic E-state index is -3.11. The van der Waals surface area contributed by atoms with Gasteiger partial charge in [-0.3, -0.25) is 14.3 Å². The van der Waals surface area contributed by atoms with Gasteiger partial charge in [-0.2, -0.15) is 15.3 Å². The largest absolute Gasteiger partial charge is 0.339 e. The number of carbonyl (C=O) groups is 2. The Balaban J connectivity index is 0.000000194.